The van der Waals surface area contributed by atoms with Crippen molar-refractivity contribution in [3.63, 3.8) is 0 Å². The third kappa shape index (κ3) is 3.22. The highest BCUT2D eigenvalue weighted by atomic mass is 15.3. The van der Waals surface area contributed by atoms with Crippen LogP contribution in [0.5, 0.6) is 0 Å². The molecule has 1 aliphatic rings. The van der Waals surface area contributed by atoms with Gasteiger partial charge in [0, 0.05) is 31.9 Å². The third-order valence-electron chi connectivity index (χ3n) is 3.48. The Hall–Kier alpha value is -1.02. The van der Waals surface area contributed by atoms with Gasteiger partial charge in [0.25, 0.3) is 0 Å². The summed E-state index contributed by atoms with van der Waals surface area (Å²) >= 11 is 0. The Morgan fingerprint density at radius 1 is 0.941 bits per heavy atom. The van der Waals surface area contributed by atoms with E-state index in [1.54, 1.807) is 0 Å². The number of rotatable bonds is 3. The Morgan fingerprint density at radius 2 is 1.53 bits per heavy atom. The molecular formula is C15H24N2. The summed E-state index contributed by atoms with van der Waals surface area (Å²) in [6.45, 7) is 12.6. The predicted octanol–water partition coefficient (Wildman–Crippen LogP) is 2.84. The maximum absolute atomic E-state index is 2.57. The van der Waals surface area contributed by atoms with Crippen LogP contribution in [-0.2, 0) is 0 Å². The molecule has 0 amide bonds. The predicted molar refractivity (Wildman–Crippen MR) is 74.9 cm³/mol. The molecule has 0 bridgehead atoms. The molecule has 0 N–H and O–H groups in total. The van der Waals surface area contributed by atoms with Gasteiger partial charge < -0.3 is 4.90 Å². The van der Waals surface area contributed by atoms with E-state index in [-0.39, 0.29) is 0 Å². The van der Waals surface area contributed by atoms with Gasteiger partial charge in [-0.05, 0) is 50.1 Å². The molecule has 1 aromatic carbocycles. The van der Waals surface area contributed by atoms with E-state index in [9.17, 15) is 0 Å². The minimum absolute atomic E-state index is 1.17. The Morgan fingerprint density at radius 3 is 2.06 bits per heavy atom. The van der Waals surface area contributed by atoms with Gasteiger partial charge in [-0.3, -0.25) is 4.90 Å². The van der Waals surface area contributed by atoms with Crippen LogP contribution in [-0.4, -0.2) is 37.6 Å². The van der Waals surface area contributed by atoms with Crippen molar-refractivity contribution >= 4 is 5.69 Å². The highest BCUT2D eigenvalue weighted by Gasteiger charge is 2.16. The molecule has 1 aromatic rings. The van der Waals surface area contributed by atoms with Crippen molar-refractivity contribution in [2.24, 2.45) is 0 Å². The van der Waals surface area contributed by atoms with Gasteiger partial charge >= 0.3 is 0 Å². The van der Waals surface area contributed by atoms with Crippen LogP contribution in [0.15, 0.2) is 18.2 Å². The fraction of sp³-hybridized carbons (Fsp3) is 0.600. The summed E-state index contributed by atoms with van der Waals surface area (Å²) in [6.07, 6.45) is 1.27. The normalized spacial score (nSPS) is 17.5. The smallest absolute Gasteiger partial charge is 0.0372 e. The highest BCUT2D eigenvalue weighted by molar-refractivity contribution is 5.51. The topological polar surface area (TPSA) is 6.48 Å². The zero-order valence-corrected chi connectivity index (χ0v) is 11.4. The number of piperazine rings is 1. The molecule has 0 unspecified atom stereocenters. The first-order valence-corrected chi connectivity index (χ1v) is 6.74. The van der Waals surface area contributed by atoms with E-state index in [1.165, 1.54) is 56.0 Å². The second-order valence-electron chi connectivity index (χ2n) is 5.17. The zero-order chi connectivity index (χ0) is 12.3. The summed E-state index contributed by atoms with van der Waals surface area (Å²) in [5.41, 5.74) is 4.14. The first-order valence-electron chi connectivity index (χ1n) is 6.74. The maximum atomic E-state index is 2.57. The molecule has 2 heteroatoms. The molecule has 1 saturated heterocycles. The van der Waals surface area contributed by atoms with Crippen LogP contribution in [0.4, 0.5) is 5.69 Å². The fourth-order valence-corrected chi connectivity index (χ4v) is 2.68. The Labute approximate surface area is 105 Å². The summed E-state index contributed by atoms with van der Waals surface area (Å²) in [5.74, 6) is 0. The van der Waals surface area contributed by atoms with Crippen molar-refractivity contribution in [2.45, 2.75) is 27.2 Å². The van der Waals surface area contributed by atoms with Gasteiger partial charge in [0.15, 0.2) is 0 Å². The summed E-state index contributed by atoms with van der Waals surface area (Å²) in [4.78, 5) is 5.09. The lowest BCUT2D eigenvalue weighted by Crippen LogP contribution is -2.46. The van der Waals surface area contributed by atoms with Gasteiger partial charge in [0.1, 0.15) is 0 Å². The summed E-state index contributed by atoms with van der Waals surface area (Å²) in [7, 11) is 0. The molecule has 94 valence electrons. The maximum Gasteiger partial charge on any atom is 0.0372 e. The molecule has 1 fully saturated rings. The van der Waals surface area contributed by atoms with Gasteiger partial charge in [-0.2, -0.15) is 0 Å². The molecule has 0 saturated carbocycles. The second-order valence-corrected chi connectivity index (χ2v) is 5.17. The number of anilines is 1. The van der Waals surface area contributed by atoms with E-state index in [0.29, 0.717) is 0 Å². The Bertz CT molecular complexity index is 345. The molecule has 17 heavy (non-hydrogen) atoms. The average Bonchev–Trinajstić information content (AvgIpc) is 2.29. The molecule has 0 spiro atoms. The molecule has 2 rings (SSSR count). The van der Waals surface area contributed by atoms with Crippen LogP contribution in [0.25, 0.3) is 0 Å². The van der Waals surface area contributed by atoms with Crippen LogP contribution in [0, 0.1) is 13.8 Å². The van der Waals surface area contributed by atoms with Crippen molar-refractivity contribution < 1.29 is 0 Å². The van der Waals surface area contributed by atoms with E-state index >= 15 is 0 Å². The molecule has 0 aliphatic carbocycles. The summed E-state index contributed by atoms with van der Waals surface area (Å²) in [5, 5.41) is 0. The lowest BCUT2D eigenvalue weighted by molar-refractivity contribution is 0.258. The SMILES string of the molecule is CCCN1CCN(c2cc(C)cc(C)c2)CC1. The first-order chi connectivity index (χ1) is 8.19. The van der Waals surface area contributed by atoms with Gasteiger partial charge in [-0.25, -0.2) is 0 Å². The quantitative estimate of drug-likeness (QED) is 0.790. The first kappa shape index (κ1) is 12.4. The molecule has 2 nitrogen and oxygen atoms in total. The zero-order valence-electron chi connectivity index (χ0n) is 11.4. The van der Waals surface area contributed by atoms with Gasteiger partial charge in [0.2, 0.25) is 0 Å². The van der Waals surface area contributed by atoms with E-state index in [2.05, 4.69) is 48.8 Å². The number of nitrogens with zero attached hydrogens (tertiary/aromatic N) is 2. The van der Waals surface area contributed by atoms with E-state index in [0.717, 1.165) is 0 Å². The van der Waals surface area contributed by atoms with Crippen molar-refractivity contribution in [1.82, 2.24) is 4.90 Å². The molecular weight excluding hydrogens is 208 g/mol. The molecule has 0 atom stereocenters. The second kappa shape index (κ2) is 5.54. The minimum Gasteiger partial charge on any atom is -0.369 e. The Kier molecular flexibility index (Phi) is 4.06. The summed E-state index contributed by atoms with van der Waals surface area (Å²) < 4.78 is 0. The van der Waals surface area contributed by atoms with Crippen LogP contribution in [0.2, 0.25) is 0 Å². The molecule has 0 aromatic heterocycles. The molecule has 1 heterocycles. The number of hydrogen-bond acceptors (Lipinski definition) is 2. The van der Waals surface area contributed by atoms with Gasteiger partial charge in [-0.15, -0.1) is 0 Å². The lowest BCUT2D eigenvalue weighted by Gasteiger charge is -2.36. The molecule has 0 radical (unpaired) electrons. The highest BCUT2D eigenvalue weighted by Crippen LogP contribution is 2.20. The lowest BCUT2D eigenvalue weighted by atomic mass is 10.1. The monoisotopic (exact) mass is 232 g/mol. The minimum atomic E-state index is 1.17. The number of aryl methyl sites for hydroxylation is 2. The number of benzene rings is 1. The molecule has 1 aliphatic heterocycles. The van der Waals surface area contributed by atoms with Gasteiger partial charge in [-0.1, -0.05) is 13.0 Å². The third-order valence-corrected chi connectivity index (χ3v) is 3.48. The van der Waals surface area contributed by atoms with Crippen LogP contribution in [0.3, 0.4) is 0 Å². The van der Waals surface area contributed by atoms with Crippen molar-refractivity contribution in [3.8, 4) is 0 Å². The standard InChI is InChI=1S/C15H24N2/c1-4-5-16-6-8-17(9-7-16)15-11-13(2)10-14(3)12-15/h10-12H,4-9H2,1-3H3. The fourth-order valence-electron chi connectivity index (χ4n) is 2.68. The Balaban J connectivity index is 2.00. The van der Waals surface area contributed by atoms with Crippen molar-refractivity contribution in [2.75, 3.05) is 37.6 Å². The largest absolute Gasteiger partial charge is 0.369 e. The van der Waals surface area contributed by atoms with E-state index in [1.807, 2.05) is 0 Å². The van der Waals surface area contributed by atoms with E-state index < -0.39 is 0 Å². The van der Waals surface area contributed by atoms with Crippen LogP contribution >= 0.6 is 0 Å². The number of hydrogen-bond donors (Lipinski definition) is 0. The van der Waals surface area contributed by atoms with Crippen LogP contribution < -0.4 is 4.90 Å². The van der Waals surface area contributed by atoms with Crippen molar-refractivity contribution in [3.05, 3.63) is 29.3 Å². The average molecular weight is 232 g/mol. The van der Waals surface area contributed by atoms with Gasteiger partial charge in [0.05, 0.1) is 0 Å². The summed E-state index contributed by atoms with van der Waals surface area (Å²) in [6, 6.07) is 6.86. The van der Waals surface area contributed by atoms with E-state index in [4.69, 9.17) is 0 Å². The van der Waals surface area contributed by atoms with Crippen molar-refractivity contribution in [1.29, 1.82) is 0 Å². The van der Waals surface area contributed by atoms with Crippen LogP contribution in [0.1, 0.15) is 24.5 Å².